The van der Waals surface area contributed by atoms with E-state index in [0.29, 0.717) is 0 Å². The second-order valence-electron chi connectivity index (χ2n) is 10.9. The van der Waals surface area contributed by atoms with Crippen LogP contribution < -0.4 is 4.90 Å². The molecule has 0 atom stereocenters. The molecule has 42 heavy (non-hydrogen) atoms. The molecule has 196 valence electrons. The van der Waals surface area contributed by atoms with Crippen molar-refractivity contribution in [3.63, 3.8) is 0 Å². The average molecular weight is 536 g/mol. The minimum absolute atomic E-state index is 0.907. The standard InChI is InChI=1S/C40H25NO/c1-3-13-30-27(11-1)20-21-28-24-29(22-23-31(28)30)41(37-18-9-12-26-10-2-4-14-32(26)37)38-25-36-34-16-7-8-19-39(34)42-40(36)35-17-6-5-15-33(35)38/h1-25H. The van der Waals surface area contributed by atoms with Gasteiger partial charge >= 0.3 is 0 Å². The summed E-state index contributed by atoms with van der Waals surface area (Å²) >= 11 is 0. The number of nitrogens with zero attached hydrogens (tertiary/aromatic N) is 1. The van der Waals surface area contributed by atoms with Crippen LogP contribution in [0.25, 0.3) is 65.0 Å². The van der Waals surface area contributed by atoms with Crippen molar-refractivity contribution in [3.8, 4) is 0 Å². The van der Waals surface area contributed by atoms with Gasteiger partial charge in [0.1, 0.15) is 11.2 Å². The molecule has 0 aliphatic carbocycles. The molecule has 0 saturated carbocycles. The molecule has 0 aliphatic rings. The van der Waals surface area contributed by atoms with Crippen LogP contribution in [0.2, 0.25) is 0 Å². The molecule has 0 spiro atoms. The molecule has 0 radical (unpaired) electrons. The van der Waals surface area contributed by atoms with Crippen molar-refractivity contribution < 1.29 is 4.42 Å². The van der Waals surface area contributed by atoms with Crippen LogP contribution in [-0.2, 0) is 0 Å². The van der Waals surface area contributed by atoms with Gasteiger partial charge in [-0.3, -0.25) is 0 Å². The highest BCUT2D eigenvalue weighted by atomic mass is 16.3. The summed E-state index contributed by atoms with van der Waals surface area (Å²) in [4.78, 5) is 2.43. The van der Waals surface area contributed by atoms with E-state index in [4.69, 9.17) is 4.42 Å². The fourth-order valence-corrected chi connectivity index (χ4v) is 6.66. The molecule has 2 nitrogen and oxygen atoms in total. The van der Waals surface area contributed by atoms with Crippen LogP contribution in [0.5, 0.6) is 0 Å². The Morgan fingerprint density at radius 2 is 0.976 bits per heavy atom. The zero-order valence-electron chi connectivity index (χ0n) is 22.8. The minimum Gasteiger partial charge on any atom is -0.455 e. The third-order valence-electron chi connectivity index (χ3n) is 8.60. The van der Waals surface area contributed by atoms with E-state index < -0.39 is 0 Å². The molecule has 0 fully saturated rings. The van der Waals surface area contributed by atoms with E-state index in [9.17, 15) is 0 Å². The van der Waals surface area contributed by atoms with Gasteiger partial charge in [-0.15, -0.1) is 0 Å². The largest absolute Gasteiger partial charge is 0.455 e. The highest BCUT2D eigenvalue weighted by Crippen LogP contribution is 2.46. The zero-order valence-corrected chi connectivity index (χ0v) is 22.8. The number of hydrogen-bond donors (Lipinski definition) is 0. The molecule has 8 aromatic carbocycles. The smallest absolute Gasteiger partial charge is 0.143 e. The highest BCUT2D eigenvalue weighted by molar-refractivity contribution is 6.20. The van der Waals surface area contributed by atoms with E-state index in [2.05, 4.69) is 150 Å². The van der Waals surface area contributed by atoms with E-state index in [1.807, 2.05) is 6.07 Å². The number of hydrogen-bond acceptors (Lipinski definition) is 2. The van der Waals surface area contributed by atoms with Gasteiger partial charge in [0.15, 0.2) is 0 Å². The first-order valence-electron chi connectivity index (χ1n) is 14.4. The summed E-state index contributed by atoms with van der Waals surface area (Å²) in [5.74, 6) is 0. The number of fused-ring (bicyclic) bond motifs is 9. The second kappa shape index (κ2) is 8.95. The number of benzene rings is 8. The quantitative estimate of drug-likeness (QED) is 0.209. The molecule has 0 aliphatic heterocycles. The summed E-state index contributed by atoms with van der Waals surface area (Å²) in [7, 11) is 0. The van der Waals surface area contributed by atoms with Crippen molar-refractivity contribution >= 4 is 82.1 Å². The first kappa shape index (κ1) is 23.1. The van der Waals surface area contributed by atoms with Gasteiger partial charge in [0.25, 0.3) is 0 Å². The van der Waals surface area contributed by atoms with Gasteiger partial charge in [-0.1, -0.05) is 121 Å². The van der Waals surface area contributed by atoms with E-state index in [0.717, 1.165) is 49.8 Å². The number of rotatable bonds is 3. The maximum atomic E-state index is 6.46. The Hall–Kier alpha value is -5.60. The van der Waals surface area contributed by atoms with Gasteiger partial charge in [0.2, 0.25) is 0 Å². The summed E-state index contributed by atoms with van der Waals surface area (Å²) in [5.41, 5.74) is 5.22. The fourth-order valence-electron chi connectivity index (χ4n) is 6.66. The molecular weight excluding hydrogens is 510 g/mol. The Kier molecular flexibility index (Phi) is 4.93. The van der Waals surface area contributed by atoms with Crippen molar-refractivity contribution in [1.82, 2.24) is 0 Å². The van der Waals surface area contributed by atoms with E-state index in [1.165, 1.54) is 32.3 Å². The summed E-state index contributed by atoms with van der Waals surface area (Å²) in [6.07, 6.45) is 0. The lowest BCUT2D eigenvalue weighted by Gasteiger charge is -2.28. The van der Waals surface area contributed by atoms with Gasteiger partial charge in [-0.2, -0.15) is 0 Å². The Bertz CT molecular complexity index is 2480. The maximum Gasteiger partial charge on any atom is 0.143 e. The van der Waals surface area contributed by atoms with Crippen LogP contribution in [0, 0.1) is 0 Å². The Balaban J connectivity index is 1.41. The highest BCUT2D eigenvalue weighted by Gasteiger charge is 2.21. The van der Waals surface area contributed by atoms with Crippen molar-refractivity contribution in [2.75, 3.05) is 4.90 Å². The molecular formula is C40H25NO. The predicted octanol–water partition coefficient (Wildman–Crippen LogP) is 11.7. The van der Waals surface area contributed by atoms with Crippen molar-refractivity contribution in [2.45, 2.75) is 0 Å². The van der Waals surface area contributed by atoms with Gasteiger partial charge in [-0.25, -0.2) is 0 Å². The Morgan fingerprint density at radius 1 is 0.357 bits per heavy atom. The normalized spacial score (nSPS) is 11.8. The third kappa shape index (κ3) is 3.39. The lowest BCUT2D eigenvalue weighted by Crippen LogP contribution is -2.11. The minimum atomic E-state index is 0.907. The molecule has 1 heterocycles. The lowest BCUT2D eigenvalue weighted by molar-refractivity contribution is 0.672. The molecule has 0 saturated heterocycles. The summed E-state index contributed by atoms with van der Waals surface area (Å²) in [6.45, 7) is 0. The third-order valence-corrected chi connectivity index (χ3v) is 8.60. The van der Waals surface area contributed by atoms with E-state index in [1.54, 1.807) is 0 Å². The van der Waals surface area contributed by atoms with Gasteiger partial charge in [0, 0.05) is 32.6 Å². The van der Waals surface area contributed by atoms with Crippen LogP contribution >= 0.6 is 0 Å². The van der Waals surface area contributed by atoms with Crippen LogP contribution in [0.1, 0.15) is 0 Å². The lowest BCUT2D eigenvalue weighted by atomic mass is 9.99. The molecule has 0 amide bonds. The monoisotopic (exact) mass is 535 g/mol. The molecule has 0 N–H and O–H groups in total. The number of para-hydroxylation sites is 1. The van der Waals surface area contributed by atoms with Crippen LogP contribution in [-0.4, -0.2) is 0 Å². The SMILES string of the molecule is c1ccc2c(N(c3ccc4c(ccc5ccccc54)c3)c3cc4c5ccccc5oc4c4ccccc34)cccc2c1. The average Bonchev–Trinajstić information content (AvgIpc) is 3.44. The zero-order chi connectivity index (χ0) is 27.6. The van der Waals surface area contributed by atoms with Crippen molar-refractivity contribution in [3.05, 3.63) is 152 Å². The van der Waals surface area contributed by atoms with Crippen LogP contribution in [0.15, 0.2) is 156 Å². The number of furan rings is 1. The van der Waals surface area contributed by atoms with Crippen LogP contribution in [0.4, 0.5) is 17.1 Å². The Morgan fingerprint density at radius 3 is 1.83 bits per heavy atom. The van der Waals surface area contributed by atoms with Gasteiger partial charge in [0.05, 0.1) is 11.4 Å². The van der Waals surface area contributed by atoms with Crippen LogP contribution in [0.3, 0.4) is 0 Å². The molecule has 9 aromatic rings. The predicted molar refractivity (Wildman–Crippen MR) is 178 cm³/mol. The van der Waals surface area contributed by atoms with E-state index >= 15 is 0 Å². The molecule has 2 heteroatoms. The first-order valence-corrected chi connectivity index (χ1v) is 14.4. The topological polar surface area (TPSA) is 16.4 Å². The van der Waals surface area contributed by atoms with Gasteiger partial charge < -0.3 is 9.32 Å². The summed E-state index contributed by atoms with van der Waals surface area (Å²) in [6, 6.07) is 54.4. The molecule has 9 rings (SSSR count). The molecule has 1 aromatic heterocycles. The molecule has 0 unspecified atom stereocenters. The van der Waals surface area contributed by atoms with E-state index in [-0.39, 0.29) is 0 Å². The maximum absolute atomic E-state index is 6.46. The van der Waals surface area contributed by atoms with Crippen molar-refractivity contribution in [1.29, 1.82) is 0 Å². The molecule has 0 bridgehead atoms. The van der Waals surface area contributed by atoms with Gasteiger partial charge in [-0.05, 0) is 57.3 Å². The fraction of sp³-hybridized carbons (Fsp3) is 0. The van der Waals surface area contributed by atoms with Crippen molar-refractivity contribution in [2.24, 2.45) is 0 Å². The number of anilines is 3. The first-order chi connectivity index (χ1) is 20.8. The Labute approximate surface area is 242 Å². The second-order valence-corrected chi connectivity index (χ2v) is 10.9. The summed E-state index contributed by atoms with van der Waals surface area (Å²) in [5, 5.41) is 11.9. The summed E-state index contributed by atoms with van der Waals surface area (Å²) < 4.78 is 6.46.